The van der Waals surface area contributed by atoms with Gasteiger partial charge in [0.25, 0.3) is 5.91 Å². The van der Waals surface area contributed by atoms with Gasteiger partial charge in [-0.25, -0.2) is 4.98 Å². The Balaban J connectivity index is 1.28. The van der Waals surface area contributed by atoms with Crippen molar-refractivity contribution in [3.05, 3.63) is 54.4 Å². The van der Waals surface area contributed by atoms with Crippen LogP contribution in [0.4, 0.5) is 0 Å². The molecule has 9 nitrogen and oxygen atoms in total. The highest BCUT2D eigenvalue weighted by atomic mass is 32.7. The number of nitrogens with zero attached hydrogens (tertiary/aromatic N) is 1. The quantitative estimate of drug-likeness (QED) is 0.334. The number of ether oxygens (including phenoxy) is 2. The number of benzene rings is 1. The summed E-state index contributed by atoms with van der Waals surface area (Å²) in [5.74, 6) is -0.0796. The van der Waals surface area contributed by atoms with Crippen molar-refractivity contribution in [3.63, 3.8) is 0 Å². The van der Waals surface area contributed by atoms with Gasteiger partial charge in [0.15, 0.2) is 12.1 Å². The fourth-order valence-corrected chi connectivity index (χ4v) is 9.00. The third-order valence-electron chi connectivity index (χ3n) is 5.83. The number of rotatable bonds is 9. The lowest BCUT2D eigenvalue weighted by Gasteiger charge is -2.38. The van der Waals surface area contributed by atoms with E-state index in [1.54, 1.807) is 49.3 Å². The lowest BCUT2D eigenvalue weighted by Crippen LogP contribution is -2.47. The van der Waals surface area contributed by atoms with Crippen molar-refractivity contribution < 1.29 is 28.0 Å². The zero-order chi connectivity index (χ0) is 24.2. The standard InChI is InChI=1S/C23H26N3O6PS/c1-33(29,23(22(24)28)8-12-30-13-9-23)34-18-6-4-17(5-7-18)31-14-11-25-20(27)19-15-16-3-2-10-26-21(16)32-19/h2-7,10,15H,8-9,11-14H2,1H3,(H2,24,28)(H,25,27). The van der Waals surface area contributed by atoms with Crippen LogP contribution in [0.2, 0.25) is 0 Å². The van der Waals surface area contributed by atoms with E-state index in [1.165, 1.54) is 11.4 Å². The second-order valence-electron chi connectivity index (χ2n) is 8.03. The minimum Gasteiger partial charge on any atom is -0.492 e. The van der Waals surface area contributed by atoms with E-state index < -0.39 is 17.4 Å². The highest BCUT2D eigenvalue weighted by Crippen LogP contribution is 2.70. The Labute approximate surface area is 200 Å². The van der Waals surface area contributed by atoms with Crippen LogP contribution in [0.5, 0.6) is 5.75 Å². The monoisotopic (exact) mass is 503 g/mol. The molecule has 1 aliphatic rings. The van der Waals surface area contributed by atoms with Crippen LogP contribution in [0, 0.1) is 0 Å². The van der Waals surface area contributed by atoms with Crippen LogP contribution in [-0.2, 0) is 14.1 Å². The Morgan fingerprint density at radius 3 is 2.65 bits per heavy atom. The molecule has 2 amide bonds. The van der Waals surface area contributed by atoms with Gasteiger partial charge in [-0.15, -0.1) is 0 Å². The Bertz CT molecular complexity index is 1190. The highest BCUT2D eigenvalue weighted by Gasteiger charge is 2.51. The molecule has 0 radical (unpaired) electrons. The average Bonchev–Trinajstić information content (AvgIpc) is 3.27. The van der Waals surface area contributed by atoms with Crippen molar-refractivity contribution >= 4 is 40.6 Å². The molecule has 0 spiro atoms. The van der Waals surface area contributed by atoms with Crippen LogP contribution < -0.4 is 15.8 Å². The number of carbonyl (C=O) groups excluding carboxylic acids is 2. The molecule has 3 heterocycles. The first-order valence-electron chi connectivity index (χ1n) is 10.8. The summed E-state index contributed by atoms with van der Waals surface area (Å²) in [6.07, 6.45) is -0.684. The topological polar surface area (TPSA) is 134 Å². The second kappa shape index (κ2) is 10.2. The predicted molar refractivity (Wildman–Crippen MR) is 130 cm³/mol. The summed E-state index contributed by atoms with van der Waals surface area (Å²) in [6.45, 7) is 2.91. The Hall–Kier alpha value is -2.81. The molecule has 1 atom stereocenters. The zero-order valence-corrected chi connectivity index (χ0v) is 20.4. The molecule has 3 N–H and O–H groups in total. The number of amides is 2. The van der Waals surface area contributed by atoms with E-state index in [-0.39, 0.29) is 24.8 Å². The third kappa shape index (κ3) is 5.14. The van der Waals surface area contributed by atoms with Gasteiger partial charge in [0.2, 0.25) is 11.6 Å². The first-order chi connectivity index (χ1) is 16.3. The number of aromatic nitrogens is 1. The van der Waals surface area contributed by atoms with Gasteiger partial charge in [0, 0.05) is 29.7 Å². The maximum absolute atomic E-state index is 13.6. The number of furan rings is 1. The molecule has 1 unspecified atom stereocenters. The number of nitrogens with one attached hydrogen (secondary N) is 1. The molecule has 3 aromatic rings. The fraction of sp³-hybridized carbons (Fsp3) is 0.348. The molecule has 1 aliphatic heterocycles. The van der Waals surface area contributed by atoms with Crippen LogP contribution in [0.3, 0.4) is 0 Å². The summed E-state index contributed by atoms with van der Waals surface area (Å²) in [5.41, 5.74) is 6.09. The Morgan fingerprint density at radius 1 is 1.24 bits per heavy atom. The Kier molecular flexibility index (Phi) is 7.30. The molecular weight excluding hydrogens is 477 g/mol. The molecule has 11 heteroatoms. The first kappa shape index (κ1) is 24.3. The summed E-state index contributed by atoms with van der Waals surface area (Å²) in [4.78, 5) is 29.3. The van der Waals surface area contributed by atoms with E-state index in [2.05, 4.69) is 10.3 Å². The lowest BCUT2D eigenvalue weighted by atomic mass is 9.98. The zero-order valence-electron chi connectivity index (χ0n) is 18.7. The van der Waals surface area contributed by atoms with E-state index >= 15 is 0 Å². The maximum Gasteiger partial charge on any atom is 0.287 e. The molecular formula is C23H26N3O6PS. The highest BCUT2D eigenvalue weighted by molar-refractivity contribution is 8.58. The number of nitrogens with two attached hydrogens (primary N) is 1. The van der Waals surface area contributed by atoms with Crippen molar-refractivity contribution in [2.24, 2.45) is 5.73 Å². The van der Waals surface area contributed by atoms with Crippen LogP contribution in [0.25, 0.3) is 11.1 Å². The number of hydrogen-bond donors (Lipinski definition) is 2. The maximum atomic E-state index is 13.6. The molecule has 2 aromatic heterocycles. The van der Waals surface area contributed by atoms with Gasteiger partial charge in [-0.05, 0) is 62.0 Å². The van der Waals surface area contributed by atoms with Crippen molar-refractivity contribution in [3.8, 4) is 5.75 Å². The largest absolute Gasteiger partial charge is 0.492 e. The van der Waals surface area contributed by atoms with Gasteiger partial charge >= 0.3 is 0 Å². The molecule has 1 saturated heterocycles. The molecule has 4 rings (SSSR count). The lowest BCUT2D eigenvalue weighted by molar-refractivity contribution is -0.122. The summed E-state index contributed by atoms with van der Waals surface area (Å²) in [7, 11) is 0. The molecule has 1 aromatic carbocycles. The van der Waals surface area contributed by atoms with E-state index in [9.17, 15) is 14.2 Å². The number of hydrogen-bond acceptors (Lipinski definition) is 8. The Morgan fingerprint density at radius 2 is 1.97 bits per heavy atom. The van der Waals surface area contributed by atoms with Crippen molar-refractivity contribution in [2.45, 2.75) is 22.9 Å². The number of pyridine rings is 1. The van der Waals surface area contributed by atoms with Crippen LogP contribution in [0.15, 0.2) is 58.0 Å². The molecule has 0 saturated carbocycles. The van der Waals surface area contributed by atoms with E-state index in [1.807, 2.05) is 6.07 Å². The smallest absolute Gasteiger partial charge is 0.287 e. The normalized spacial score (nSPS) is 17.1. The average molecular weight is 504 g/mol. The minimum absolute atomic E-state index is 0.192. The number of primary amides is 1. The molecule has 1 fully saturated rings. The van der Waals surface area contributed by atoms with Gasteiger partial charge in [0.1, 0.15) is 17.5 Å². The predicted octanol–water partition coefficient (Wildman–Crippen LogP) is 3.67. The molecule has 34 heavy (non-hydrogen) atoms. The molecule has 0 aliphatic carbocycles. The summed E-state index contributed by atoms with van der Waals surface area (Å²) < 4.78 is 30.0. The number of fused-ring (bicyclic) bond motifs is 1. The summed E-state index contributed by atoms with van der Waals surface area (Å²) >= 11 is 1.19. The van der Waals surface area contributed by atoms with Gasteiger partial charge in [0.05, 0.1) is 6.54 Å². The van der Waals surface area contributed by atoms with Crippen LogP contribution in [-0.4, -0.2) is 55.0 Å². The van der Waals surface area contributed by atoms with Crippen LogP contribution >= 0.6 is 17.7 Å². The number of carbonyl (C=O) groups is 2. The van der Waals surface area contributed by atoms with E-state index in [4.69, 9.17) is 19.6 Å². The van der Waals surface area contributed by atoms with E-state index in [0.717, 1.165) is 10.3 Å². The van der Waals surface area contributed by atoms with Crippen LogP contribution in [0.1, 0.15) is 23.4 Å². The SMILES string of the molecule is CP(=O)(Sc1ccc(OCCNC(=O)c2cc3cccnc3o2)cc1)C1(C(N)=O)CCOCC1. The minimum atomic E-state index is -3.01. The molecule has 180 valence electrons. The second-order valence-corrected chi connectivity index (χ2v) is 13.9. The van der Waals surface area contributed by atoms with Crippen molar-refractivity contribution in [2.75, 3.05) is 33.0 Å². The van der Waals surface area contributed by atoms with Gasteiger partial charge in [-0.2, -0.15) is 0 Å². The van der Waals surface area contributed by atoms with E-state index in [0.29, 0.717) is 37.5 Å². The first-order valence-corrected chi connectivity index (χ1v) is 14.4. The fourth-order valence-electron chi connectivity index (χ4n) is 3.85. The third-order valence-corrected chi connectivity index (χ3v) is 11.6. The summed E-state index contributed by atoms with van der Waals surface area (Å²) in [5, 5.41) is 2.45. The molecule has 0 bridgehead atoms. The summed E-state index contributed by atoms with van der Waals surface area (Å²) in [6, 6.07) is 12.4. The van der Waals surface area contributed by atoms with Crippen molar-refractivity contribution in [1.29, 1.82) is 0 Å². The van der Waals surface area contributed by atoms with Gasteiger partial charge in [-0.1, -0.05) is 11.4 Å². The van der Waals surface area contributed by atoms with Crippen molar-refractivity contribution in [1.82, 2.24) is 10.3 Å². The van der Waals surface area contributed by atoms with Gasteiger partial charge < -0.3 is 29.5 Å². The van der Waals surface area contributed by atoms with Gasteiger partial charge in [-0.3, -0.25) is 9.59 Å².